The monoisotopic (exact) mass is 184 g/mol. The van der Waals surface area contributed by atoms with E-state index in [1.807, 2.05) is 14.0 Å². The molecule has 0 aliphatic heterocycles. The maximum atomic E-state index is 11.3. The van der Waals surface area contributed by atoms with E-state index in [1.165, 1.54) is 11.3 Å². The van der Waals surface area contributed by atoms with Crippen LogP contribution in [0.25, 0.3) is 0 Å². The Balaban J connectivity index is 2.99. The molecule has 0 saturated heterocycles. The number of Topliss-reactive ketones (excluding diaryl/α,β-unsaturated/α-hetero) is 1. The molecule has 3 N–H and O–H groups in total. The molecule has 0 unspecified atom stereocenters. The van der Waals surface area contributed by atoms with Crippen molar-refractivity contribution in [3.63, 3.8) is 0 Å². The van der Waals surface area contributed by atoms with E-state index >= 15 is 0 Å². The van der Waals surface area contributed by atoms with E-state index in [4.69, 9.17) is 5.73 Å². The molecule has 0 saturated carbocycles. The van der Waals surface area contributed by atoms with Crippen LogP contribution in [-0.2, 0) is 0 Å². The van der Waals surface area contributed by atoms with Crippen molar-refractivity contribution < 1.29 is 4.79 Å². The first-order valence-electron chi connectivity index (χ1n) is 3.79. The van der Waals surface area contributed by atoms with Crippen LogP contribution in [0.2, 0.25) is 0 Å². The second kappa shape index (κ2) is 3.58. The number of carbonyl (C=O) groups excluding carboxylic acids is 1. The Morgan fingerprint density at radius 2 is 2.42 bits per heavy atom. The van der Waals surface area contributed by atoms with Gasteiger partial charge in [-0.05, 0) is 6.07 Å². The number of rotatable bonds is 3. The minimum absolute atomic E-state index is 0.110. The van der Waals surface area contributed by atoms with Gasteiger partial charge in [-0.1, -0.05) is 6.92 Å². The number of nitrogen functional groups attached to an aromatic ring is 1. The lowest BCUT2D eigenvalue weighted by Gasteiger charge is -1.92. The minimum Gasteiger partial charge on any atom is -0.397 e. The van der Waals surface area contributed by atoms with Crippen molar-refractivity contribution in [3.05, 3.63) is 10.9 Å². The van der Waals surface area contributed by atoms with Gasteiger partial charge >= 0.3 is 0 Å². The largest absolute Gasteiger partial charge is 0.397 e. The summed E-state index contributed by atoms with van der Waals surface area (Å²) in [6.07, 6.45) is 0.508. The number of thiophene rings is 1. The van der Waals surface area contributed by atoms with E-state index in [2.05, 4.69) is 5.32 Å². The summed E-state index contributed by atoms with van der Waals surface area (Å²) in [5, 5.41) is 3.89. The zero-order valence-corrected chi connectivity index (χ0v) is 7.99. The quantitative estimate of drug-likeness (QED) is 0.706. The SMILES string of the molecule is CCC(=O)c1sc(NC)cc1N. The summed E-state index contributed by atoms with van der Waals surface area (Å²) in [7, 11) is 1.81. The van der Waals surface area contributed by atoms with Gasteiger partial charge in [0.1, 0.15) is 0 Å². The molecular weight excluding hydrogens is 172 g/mol. The summed E-state index contributed by atoms with van der Waals surface area (Å²) in [5.74, 6) is 0.110. The topological polar surface area (TPSA) is 55.1 Å². The molecule has 4 heteroatoms. The zero-order valence-electron chi connectivity index (χ0n) is 7.18. The molecular formula is C8H12N2OS. The highest BCUT2D eigenvalue weighted by Crippen LogP contribution is 2.29. The second-order valence-electron chi connectivity index (χ2n) is 2.42. The van der Waals surface area contributed by atoms with E-state index in [0.717, 1.165) is 5.00 Å². The van der Waals surface area contributed by atoms with Crippen LogP contribution < -0.4 is 11.1 Å². The number of hydrogen-bond donors (Lipinski definition) is 2. The lowest BCUT2D eigenvalue weighted by Crippen LogP contribution is -1.96. The van der Waals surface area contributed by atoms with Crippen LogP contribution in [0.15, 0.2) is 6.07 Å². The number of carbonyl (C=O) groups is 1. The Bertz CT molecular complexity index is 293. The Hall–Kier alpha value is -1.03. The third-order valence-electron chi connectivity index (χ3n) is 1.58. The predicted octanol–water partition coefficient (Wildman–Crippen LogP) is 1.96. The highest BCUT2D eigenvalue weighted by Gasteiger charge is 2.11. The average Bonchev–Trinajstić information content (AvgIpc) is 2.45. The van der Waals surface area contributed by atoms with Crippen molar-refractivity contribution in [3.8, 4) is 0 Å². The molecule has 1 aromatic heterocycles. The van der Waals surface area contributed by atoms with Crippen molar-refractivity contribution in [1.82, 2.24) is 0 Å². The van der Waals surface area contributed by atoms with Crippen LogP contribution in [0.5, 0.6) is 0 Å². The highest BCUT2D eigenvalue weighted by atomic mass is 32.1. The molecule has 0 bridgehead atoms. The molecule has 66 valence electrons. The predicted molar refractivity (Wildman–Crippen MR) is 52.9 cm³/mol. The summed E-state index contributed by atoms with van der Waals surface area (Å²) < 4.78 is 0. The van der Waals surface area contributed by atoms with E-state index in [9.17, 15) is 4.79 Å². The standard InChI is InChI=1S/C8H12N2OS/c1-3-6(11)8-5(9)4-7(10-2)12-8/h4,10H,3,9H2,1-2H3. The fourth-order valence-electron chi connectivity index (χ4n) is 0.907. The van der Waals surface area contributed by atoms with E-state index in [-0.39, 0.29) is 5.78 Å². The van der Waals surface area contributed by atoms with Gasteiger partial charge in [-0.25, -0.2) is 0 Å². The maximum absolute atomic E-state index is 11.3. The zero-order chi connectivity index (χ0) is 9.14. The summed E-state index contributed by atoms with van der Waals surface area (Å²) >= 11 is 1.41. The van der Waals surface area contributed by atoms with Crippen LogP contribution in [0.1, 0.15) is 23.0 Å². The molecule has 0 aliphatic rings. The second-order valence-corrected chi connectivity index (χ2v) is 3.47. The molecule has 0 amide bonds. The fourth-order valence-corrected chi connectivity index (χ4v) is 1.85. The smallest absolute Gasteiger partial charge is 0.174 e. The minimum atomic E-state index is 0.110. The molecule has 12 heavy (non-hydrogen) atoms. The lowest BCUT2D eigenvalue weighted by molar-refractivity contribution is 0.0993. The van der Waals surface area contributed by atoms with Crippen molar-refractivity contribution in [1.29, 1.82) is 0 Å². The molecule has 0 fully saturated rings. The van der Waals surface area contributed by atoms with Gasteiger partial charge in [0, 0.05) is 13.5 Å². The normalized spacial score (nSPS) is 9.83. The molecule has 0 aromatic carbocycles. The first-order chi connectivity index (χ1) is 5.69. The highest BCUT2D eigenvalue weighted by molar-refractivity contribution is 7.18. The molecule has 1 heterocycles. The van der Waals surface area contributed by atoms with Crippen LogP contribution >= 0.6 is 11.3 Å². The molecule has 0 atom stereocenters. The summed E-state index contributed by atoms with van der Waals surface area (Å²) in [6.45, 7) is 1.83. The Morgan fingerprint density at radius 3 is 2.83 bits per heavy atom. The van der Waals surface area contributed by atoms with Gasteiger partial charge in [-0.2, -0.15) is 0 Å². The van der Waals surface area contributed by atoms with Crippen molar-refractivity contribution in [2.24, 2.45) is 0 Å². The Morgan fingerprint density at radius 1 is 1.75 bits per heavy atom. The van der Waals surface area contributed by atoms with Gasteiger partial charge in [-0.3, -0.25) is 4.79 Å². The van der Waals surface area contributed by atoms with Gasteiger partial charge in [0.2, 0.25) is 0 Å². The van der Waals surface area contributed by atoms with Crippen LogP contribution in [0, 0.1) is 0 Å². The van der Waals surface area contributed by atoms with Crippen molar-refractivity contribution >= 4 is 27.8 Å². The van der Waals surface area contributed by atoms with Gasteiger partial charge in [0.05, 0.1) is 15.6 Å². The first-order valence-corrected chi connectivity index (χ1v) is 4.61. The van der Waals surface area contributed by atoms with Crippen LogP contribution in [0.4, 0.5) is 10.7 Å². The Kier molecular flexibility index (Phi) is 2.70. The molecule has 0 aliphatic carbocycles. The lowest BCUT2D eigenvalue weighted by atomic mass is 10.2. The summed E-state index contributed by atoms with van der Waals surface area (Å²) in [6, 6.07) is 1.79. The van der Waals surface area contributed by atoms with Gasteiger partial charge in [0.25, 0.3) is 0 Å². The van der Waals surface area contributed by atoms with E-state index < -0.39 is 0 Å². The number of anilines is 2. The van der Waals surface area contributed by atoms with Gasteiger partial charge in [0.15, 0.2) is 5.78 Å². The van der Waals surface area contributed by atoms with Gasteiger partial charge in [-0.15, -0.1) is 11.3 Å². The molecule has 1 rings (SSSR count). The van der Waals surface area contributed by atoms with E-state index in [1.54, 1.807) is 6.07 Å². The Labute approximate surface area is 75.6 Å². The van der Waals surface area contributed by atoms with Crippen molar-refractivity contribution in [2.75, 3.05) is 18.1 Å². The number of nitrogens with two attached hydrogens (primary N) is 1. The summed E-state index contributed by atoms with van der Waals surface area (Å²) in [5.41, 5.74) is 6.22. The van der Waals surface area contributed by atoms with Crippen LogP contribution in [0.3, 0.4) is 0 Å². The third-order valence-corrected chi connectivity index (χ3v) is 2.79. The fraction of sp³-hybridized carbons (Fsp3) is 0.375. The van der Waals surface area contributed by atoms with Gasteiger partial charge < -0.3 is 11.1 Å². The number of ketones is 1. The molecule has 1 aromatic rings. The molecule has 0 radical (unpaired) electrons. The van der Waals surface area contributed by atoms with Crippen LogP contribution in [-0.4, -0.2) is 12.8 Å². The molecule has 3 nitrogen and oxygen atoms in total. The maximum Gasteiger partial charge on any atom is 0.174 e. The first kappa shape index (κ1) is 9.06. The third kappa shape index (κ3) is 1.58. The number of nitrogens with one attached hydrogen (secondary N) is 1. The molecule has 0 spiro atoms. The van der Waals surface area contributed by atoms with E-state index in [0.29, 0.717) is 17.0 Å². The summed E-state index contributed by atoms with van der Waals surface area (Å²) in [4.78, 5) is 11.9. The van der Waals surface area contributed by atoms with Crippen molar-refractivity contribution in [2.45, 2.75) is 13.3 Å². The number of hydrogen-bond acceptors (Lipinski definition) is 4. The average molecular weight is 184 g/mol.